The lowest BCUT2D eigenvalue weighted by atomic mass is 10.2. The summed E-state index contributed by atoms with van der Waals surface area (Å²) in [6.45, 7) is 4.16. The number of rotatable bonds is 11. The summed E-state index contributed by atoms with van der Waals surface area (Å²) < 4.78 is 6.16. The highest BCUT2D eigenvalue weighted by Gasteiger charge is 2.12. The Hall–Kier alpha value is -3.44. The molecule has 11 heteroatoms. The van der Waals surface area contributed by atoms with E-state index < -0.39 is 0 Å². The maximum absolute atomic E-state index is 12.4. The summed E-state index contributed by atoms with van der Waals surface area (Å²) in [5.41, 5.74) is 1.65. The fourth-order valence-electron chi connectivity index (χ4n) is 2.73. The van der Waals surface area contributed by atoms with Crippen molar-refractivity contribution in [3.05, 3.63) is 54.1 Å². The molecule has 0 fully saturated rings. The van der Waals surface area contributed by atoms with Crippen LogP contribution in [0.5, 0.6) is 5.75 Å². The van der Waals surface area contributed by atoms with Crippen molar-refractivity contribution in [2.75, 3.05) is 28.3 Å². The molecule has 0 saturated heterocycles. The molecule has 0 radical (unpaired) electrons. The molecule has 0 aliphatic heterocycles. The average molecular weight is 500 g/mol. The zero-order valence-electron chi connectivity index (χ0n) is 18.8. The summed E-state index contributed by atoms with van der Waals surface area (Å²) in [5.74, 6) is 0.120. The molecular formula is C23H25N5O4S2. The Labute approximate surface area is 205 Å². The van der Waals surface area contributed by atoms with Gasteiger partial charge in [0, 0.05) is 23.9 Å². The summed E-state index contributed by atoms with van der Waals surface area (Å²) in [4.78, 5) is 35.9. The molecule has 0 unspecified atom stereocenters. The molecule has 0 atom stereocenters. The van der Waals surface area contributed by atoms with Crippen molar-refractivity contribution in [1.82, 2.24) is 10.2 Å². The summed E-state index contributed by atoms with van der Waals surface area (Å²) in [6.07, 6.45) is 2.04. The molecule has 1 aromatic heterocycles. The molecule has 2 aromatic carbocycles. The Morgan fingerprint density at radius 2 is 1.74 bits per heavy atom. The van der Waals surface area contributed by atoms with E-state index in [-0.39, 0.29) is 23.5 Å². The molecule has 3 N–H and O–H groups in total. The number of aromatic nitrogens is 2. The lowest BCUT2D eigenvalue weighted by molar-refractivity contribution is -0.114. The molecule has 3 aromatic rings. The number of ether oxygens (including phenoxy) is 1. The van der Waals surface area contributed by atoms with E-state index in [1.165, 1.54) is 30.0 Å². The Kier molecular flexibility index (Phi) is 9.41. The van der Waals surface area contributed by atoms with Gasteiger partial charge in [0.25, 0.3) is 5.91 Å². The fourth-order valence-corrected chi connectivity index (χ4v) is 4.27. The van der Waals surface area contributed by atoms with Gasteiger partial charge in [-0.3, -0.25) is 19.7 Å². The highest BCUT2D eigenvalue weighted by Crippen LogP contribution is 2.26. The monoisotopic (exact) mass is 499 g/mol. The topological polar surface area (TPSA) is 122 Å². The normalized spacial score (nSPS) is 10.4. The van der Waals surface area contributed by atoms with Crippen molar-refractivity contribution in [2.24, 2.45) is 0 Å². The van der Waals surface area contributed by atoms with Gasteiger partial charge in [-0.15, -0.1) is 10.2 Å². The van der Waals surface area contributed by atoms with E-state index in [0.29, 0.717) is 33.0 Å². The van der Waals surface area contributed by atoms with E-state index in [1.54, 1.807) is 48.5 Å². The molecule has 9 nitrogen and oxygen atoms in total. The zero-order valence-corrected chi connectivity index (χ0v) is 20.4. The molecule has 0 aliphatic rings. The summed E-state index contributed by atoms with van der Waals surface area (Å²) in [5, 5.41) is 16.5. The fraction of sp³-hybridized carbons (Fsp3) is 0.261. The number of nitrogens with zero attached hydrogens (tertiary/aromatic N) is 2. The molecule has 0 saturated carbocycles. The van der Waals surface area contributed by atoms with E-state index in [2.05, 4.69) is 33.1 Å². The highest BCUT2D eigenvalue weighted by molar-refractivity contribution is 8.01. The maximum atomic E-state index is 12.4. The molecule has 0 bridgehead atoms. The summed E-state index contributed by atoms with van der Waals surface area (Å²) in [6, 6.07) is 13.8. The average Bonchev–Trinajstić information content (AvgIpc) is 3.25. The van der Waals surface area contributed by atoms with Crippen molar-refractivity contribution >= 4 is 57.3 Å². The van der Waals surface area contributed by atoms with Crippen LogP contribution in [-0.4, -0.2) is 40.3 Å². The summed E-state index contributed by atoms with van der Waals surface area (Å²) >= 11 is 2.40. The van der Waals surface area contributed by atoms with Crippen molar-refractivity contribution in [3.63, 3.8) is 0 Å². The lowest BCUT2D eigenvalue weighted by Crippen LogP contribution is -2.14. The third kappa shape index (κ3) is 8.16. The van der Waals surface area contributed by atoms with E-state index in [9.17, 15) is 14.4 Å². The summed E-state index contributed by atoms with van der Waals surface area (Å²) in [7, 11) is 0. The van der Waals surface area contributed by atoms with Crippen LogP contribution in [-0.2, 0) is 9.59 Å². The van der Waals surface area contributed by atoms with Crippen molar-refractivity contribution in [1.29, 1.82) is 0 Å². The predicted octanol–water partition coefficient (Wildman–Crippen LogP) is 4.66. The number of anilines is 3. The molecule has 0 aliphatic carbocycles. The van der Waals surface area contributed by atoms with Crippen LogP contribution in [0.2, 0.25) is 0 Å². The molecule has 0 spiro atoms. The molecule has 34 heavy (non-hydrogen) atoms. The number of hydrogen-bond donors (Lipinski definition) is 3. The van der Waals surface area contributed by atoms with Crippen molar-refractivity contribution < 1.29 is 19.1 Å². The van der Waals surface area contributed by atoms with Crippen LogP contribution >= 0.6 is 23.1 Å². The van der Waals surface area contributed by atoms with Gasteiger partial charge in [-0.1, -0.05) is 42.5 Å². The van der Waals surface area contributed by atoms with Crippen LogP contribution < -0.4 is 20.7 Å². The number of unbranched alkanes of at least 4 members (excludes halogenated alkanes) is 1. The van der Waals surface area contributed by atoms with Crippen molar-refractivity contribution in [2.45, 2.75) is 31.0 Å². The second-order valence-corrected chi connectivity index (χ2v) is 9.35. The first-order valence-corrected chi connectivity index (χ1v) is 12.4. The van der Waals surface area contributed by atoms with Crippen LogP contribution in [0.15, 0.2) is 52.9 Å². The van der Waals surface area contributed by atoms with Gasteiger partial charge in [-0.25, -0.2) is 0 Å². The van der Waals surface area contributed by atoms with Crippen molar-refractivity contribution in [3.8, 4) is 5.75 Å². The Bertz CT molecular complexity index is 1130. The molecule has 1 heterocycles. The number of hydrogen-bond acceptors (Lipinski definition) is 8. The van der Waals surface area contributed by atoms with E-state index in [1.807, 2.05) is 0 Å². The minimum absolute atomic E-state index is 0.117. The largest absolute Gasteiger partial charge is 0.494 e. The zero-order chi connectivity index (χ0) is 24.3. The van der Waals surface area contributed by atoms with Crippen LogP contribution in [0, 0.1) is 0 Å². The van der Waals surface area contributed by atoms with Gasteiger partial charge >= 0.3 is 0 Å². The van der Waals surface area contributed by atoms with Gasteiger partial charge in [0.1, 0.15) is 5.75 Å². The SMILES string of the molecule is CCCCOc1ccc(C(=O)Nc2nnc(SCC(=O)Nc3cccc(NC(C)=O)c3)s2)cc1. The second kappa shape index (κ2) is 12.7. The second-order valence-electron chi connectivity index (χ2n) is 7.15. The third-order valence-electron chi connectivity index (χ3n) is 4.30. The van der Waals surface area contributed by atoms with Gasteiger partial charge in [-0.2, -0.15) is 0 Å². The molecular weight excluding hydrogens is 474 g/mol. The molecule has 3 amide bonds. The van der Waals surface area contributed by atoms with E-state index >= 15 is 0 Å². The Balaban J connectivity index is 1.46. The molecule has 178 valence electrons. The Morgan fingerprint density at radius 1 is 1.00 bits per heavy atom. The lowest BCUT2D eigenvalue weighted by Gasteiger charge is -2.07. The van der Waals surface area contributed by atoms with Gasteiger partial charge in [0.2, 0.25) is 16.9 Å². The number of amides is 3. The maximum Gasteiger partial charge on any atom is 0.257 e. The van der Waals surface area contributed by atoms with Gasteiger partial charge in [-0.05, 0) is 48.9 Å². The van der Waals surface area contributed by atoms with Gasteiger partial charge < -0.3 is 15.4 Å². The first-order chi connectivity index (χ1) is 16.4. The number of carbonyl (C=O) groups is 3. The molecule has 3 rings (SSSR count). The highest BCUT2D eigenvalue weighted by atomic mass is 32.2. The predicted molar refractivity (Wildman–Crippen MR) is 135 cm³/mol. The number of thioether (sulfide) groups is 1. The first-order valence-electron chi connectivity index (χ1n) is 10.6. The van der Waals surface area contributed by atoms with Crippen LogP contribution in [0.3, 0.4) is 0 Å². The number of benzene rings is 2. The van der Waals surface area contributed by atoms with Gasteiger partial charge in [0.15, 0.2) is 4.34 Å². The van der Waals surface area contributed by atoms with E-state index in [4.69, 9.17) is 4.74 Å². The number of nitrogens with one attached hydrogen (secondary N) is 3. The minimum atomic E-state index is -0.301. The van der Waals surface area contributed by atoms with E-state index in [0.717, 1.165) is 18.6 Å². The van der Waals surface area contributed by atoms with Crippen LogP contribution in [0.1, 0.15) is 37.0 Å². The first kappa shape index (κ1) is 25.2. The van der Waals surface area contributed by atoms with Crippen LogP contribution in [0.4, 0.5) is 16.5 Å². The quantitative estimate of drug-likeness (QED) is 0.199. The van der Waals surface area contributed by atoms with Gasteiger partial charge in [0.05, 0.1) is 12.4 Å². The number of carbonyl (C=O) groups excluding carboxylic acids is 3. The Morgan fingerprint density at radius 3 is 2.44 bits per heavy atom. The van der Waals surface area contributed by atoms with Crippen LogP contribution in [0.25, 0.3) is 0 Å². The third-order valence-corrected chi connectivity index (χ3v) is 6.28. The smallest absolute Gasteiger partial charge is 0.257 e. The minimum Gasteiger partial charge on any atom is -0.494 e. The standard InChI is InChI=1S/C23H25N5O4S2/c1-3-4-12-32-19-10-8-16(9-11-19)21(31)26-22-27-28-23(34-22)33-14-20(30)25-18-7-5-6-17(13-18)24-15(2)29/h5-11,13H,3-4,12,14H2,1-2H3,(H,24,29)(H,25,30)(H,26,27,31).